The van der Waals surface area contributed by atoms with Crippen molar-refractivity contribution in [3.8, 4) is 0 Å². The number of carbonyl (C=O) groups is 2. The molecule has 2 aromatic carbocycles. The highest BCUT2D eigenvalue weighted by Crippen LogP contribution is 2.29. The Balaban J connectivity index is 1.60. The number of urea groups is 1. The van der Waals surface area contributed by atoms with Crippen LogP contribution in [-0.4, -0.2) is 43.1 Å². The van der Waals surface area contributed by atoms with E-state index in [0.717, 1.165) is 13.0 Å². The first-order valence-corrected chi connectivity index (χ1v) is 10.7. The number of hydrogen-bond donors (Lipinski definition) is 2. The summed E-state index contributed by atoms with van der Waals surface area (Å²) in [5.41, 5.74) is 3.98. The average Bonchev–Trinajstić information content (AvgIpc) is 2.80. The number of ether oxygens (including phenoxy) is 1. The Hall–Kier alpha value is -3.45. The van der Waals surface area contributed by atoms with Gasteiger partial charge in [-0.05, 0) is 42.2 Å². The molecule has 2 aromatic rings. The van der Waals surface area contributed by atoms with Crippen molar-refractivity contribution in [2.45, 2.75) is 19.4 Å². The molecule has 7 heteroatoms. The molecule has 0 saturated heterocycles. The zero-order valence-electron chi connectivity index (χ0n) is 17.9. The molecule has 0 saturated carbocycles. The molecule has 4 rings (SSSR count). The predicted octanol–water partition coefficient (Wildman–Crippen LogP) is 3.79. The lowest BCUT2D eigenvalue weighted by atomic mass is 9.94. The van der Waals surface area contributed by atoms with Crippen molar-refractivity contribution < 1.29 is 18.7 Å². The average molecular weight is 435 g/mol. The molecule has 0 bridgehead atoms. The lowest BCUT2D eigenvalue weighted by Crippen LogP contribution is -2.48. The second-order valence-electron chi connectivity index (χ2n) is 7.78. The molecule has 0 spiro atoms. The van der Waals surface area contributed by atoms with E-state index in [2.05, 4.69) is 33.7 Å². The molecule has 0 aromatic heterocycles. The van der Waals surface area contributed by atoms with E-state index < -0.39 is 18.0 Å². The maximum absolute atomic E-state index is 13.4. The second kappa shape index (κ2) is 9.78. The third-order valence-corrected chi connectivity index (χ3v) is 5.67. The molecular weight excluding hydrogens is 409 g/mol. The molecule has 0 aliphatic carbocycles. The topological polar surface area (TPSA) is 70.7 Å². The van der Waals surface area contributed by atoms with Crippen LogP contribution in [0.25, 0.3) is 5.57 Å². The van der Waals surface area contributed by atoms with Crippen LogP contribution in [0, 0.1) is 5.82 Å². The minimum atomic E-state index is -0.710. The second-order valence-corrected chi connectivity index (χ2v) is 7.78. The van der Waals surface area contributed by atoms with Crippen LogP contribution in [-0.2, 0) is 9.53 Å². The monoisotopic (exact) mass is 435 g/mol. The Morgan fingerprint density at radius 2 is 1.91 bits per heavy atom. The Morgan fingerprint density at radius 1 is 1.16 bits per heavy atom. The first-order valence-electron chi connectivity index (χ1n) is 10.7. The number of carbonyl (C=O) groups excluding carboxylic acids is 2. The molecule has 2 aliphatic heterocycles. The zero-order valence-corrected chi connectivity index (χ0v) is 17.9. The minimum Gasteiger partial charge on any atom is -0.463 e. The predicted molar refractivity (Wildman–Crippen MR) is 120 cm³/mol. The number of halogens is 1. The van der Waals surface area contributed by atoms with Gasteiger partial charge in [0.05, 0.1) is 18.2 Å². The molecule has 1 atom stereocenters. The highest BCUT2D eigenvalue weighted by atomic mass is 19.1. The molecule has 2 heterocycles. The van der Waals surface area contributed by atoms with Crippen LogP contribution in [0.1, 0.15) is 30.5 Å². The van der Waals surface area contributed by atoms with Crippen molar-refractivity contribution in [1.82, 2.24) is 15.5 Å². The lowest BCUT2D eigenvalue weighted by Gasteiger charge is -2.33. The van der Waals surface area contributed by atoms with Crippen molar-refractivity contribution in [2.75, 3.05) is 26.2 Å². The van der Waals surface area contributed by atoms with Gasteiger partial charge in [0.25, 0.3) is 0 Å². The van der Waals surface area contributed by atoms with Gasteiger partial charge in [-0.3, -0.25) is 4.90 Å². The van der Waals surface area contributed by atoms with Crippen LogP contribution in [0.2, 0.25) is 0 Å². The van der Waals surface area contributed by atoms with Gasteiger partial charge in [-0.2, -0.15) is 0 Å². The number of nitrogens with one attached hydrogen (secondary N) is 2. The van der Waals surface area contributed by atoms with Gasteiger partial charge in [-0.1, -0.05) is 48.5 Å². The van der Waals surface area contributed by atoms with Crippen LogP contribution in [0.3, 0.4) is 0 Å². The van der Waals surface area contributed by atoms with Crippen LogP contribution in [0.5, 0.6) is 0 Å². The number of nitrogens with zero attached hydrogens (tertiary/aromatic N) is 1. The fourth-order valence-corrected chi connectivity index (χ4v) is 4.09. The van der Waals surface area contributed by atoms with Gasteiger partial charge >= 0.3 is 12.0 Å². The summed E-state index contributed by atoms with van der Waals surface area (Å²) in [5.74, 6) is -0.882. The van der Waals surface area contributed by atoms with Crippen molar-refractivity contribution in [3.05, 3.63) is 88.9 Å². The summed E-state index contributed by atoms with van der Waals surface area (Å²) < 4.78 is 18.7. The van der Waals surface area contributed by atoms with Crippen LogP contribution >= 0.6 is 0 Å². The first-order chi connectivity index (χ1) is 15.5. The van der Waals surface area contributed by atoms with E-state index >= 15 is 0 Å². The summed E-state index contributed by atoms with van der Waals surface area (Å²) in [6, 6.07) is 14.9. The lowest BCUT2D eigenvalue weighted by molar-refractivity contribution is -0.139. The van der Waals surface area contributed by atoms with Crippen molar-refractivity contribution in [3.63, 3.8) is 0 Å². The van der Waals surface area contributed by atoms with Gasteiger partial charge in [-0.15, -0.1) is 0 Å². The molecular formula is C25H26FN3O3. The molecule has 166 valence electrons. The van der Waals surface area contributed by atoms with Gasteiger partial charge in [0.15, 0.2) is 0 Å². The Kier molecular flexibility index (Phi) is 6.66. The molecule has 2 amide bonds. The number of hydrogen-bond acceptors (Lipinski definition) is 4. The highest BCUT2D eigenvalue weighted by molar-refractivity contribution is 5.95. The van der Waals surface area contributed by atoms with Gasteiger partial charge in [0.2, 0.25) is 0 Å². The summed E-state index contributed by atoms with van der Waals surface area (Å²) in [6.45, 7) is 3.85. The summed E-state index contributed by atoms with van der Waals surface area (Å²) in [6.07, 6.45) is 3.06. The summed E-state index contributed by atoms with van der Waals surface area (Å²) in [4.78, 5) is 27.5. The van der Waals surface area contributed by atoms with E-state index in [1.165, 1.54) is 23.3 Å². The van der Waals surface area contributed by atoms with Gasteiger partial charge in [0, 0.05) is 25.3 Å². The van der Waals surface area contributed by atoms with E-state index in [1.807, 2.05) is 18.2 Å². The highest BCUT2D eigenvalue weighted by Gasteiger charge is 2.34. The SMILES string of the molecule is CCOC(=O)C1=C(CN2CC=C(c3ccccc3)CC2)NC(=O)N[C@H]1c1ccc(F)cc1. The zero-order chi connectivity index (χ0) is 22.5. The van der Waals surface area contributed by atoms with Crippen LogP contribution in [0.4, 0.5) is 9.18 Å². The van der Waals surface area contributed by atoms with E-state index in [1.54, 1.807) is 19.1 Å². The number of amides is 2. The molecule has 32 heavy (non-hydrogen) atoms. The number of rotatable bonds is 6. The maximum atomic E-state index is 13.4. The molecule has 2 aliphatic rings. The van der Waals surface area contributed by atoms with Crippen LogP contribution in [0.15, 0.2) is 71.9 Å². The van der Waals surface area contributed by atoms with E-state index in [4.69, 9.17) is 4.74 Å². The Labute approximate surface area is 186 Å². The van der Waals surface area contributed by atoms with Crippen LogP contribution < -0.4 is 10.6 Å². The Morgan fingerprint density at radius 3 is 2.56 bits per heavy atom. The molecule has 0 radical (unpaired) electrons. The normalized spacial score (nSPS) is 19.1. The van der Waals surface area contributed by atoms with Gasteiger partial charge < -0.3 is 15.4 Å². The maximum Gasteiger partial charge on any atom is 0.338 e. The number of benzene rings is 2. The van der Waals surface area contributed by atoms with E-state index in [0.29, 0.717) is 29.9 Å². The first kappa shape index (κ1) is 21.8. The standard InChI is InChI=1S/C25H26FN3O3/c1-2-32-24(30)22-21(27-25(31)28-23(22)19-8-10-20(26)11-9-19)16-29-14-12-18(13-15-29)17-6-4-3-5-7-17/h3-12,23H,2,13-16H2,1H3,(H2,27,28,31)/t23-/m0/s1. The van der Waals surface area contributed by atoms with Crippen molar-refractivity contribution in [1.29, 1.82) is 0 Å². The molecule has 6 nitrogen and oxygen atoms in total. The third kappa shape index (κ3) is 4.89. The van der Waals surface area contributed by atoms with Crippen molar-refractivity contribution in [2.24, 2.45) is 0 Å². The molecule has 0 fully saturated rings. The quantitative estimate of drug-likeness (QED) is 0.678. The third-order valence-electron chi connectivity index (χ3n) is 5.67. The van der Waals surface area contributed by atoms with E-state index in [9.17, 15) is 14.0 Å². The largest absolute Gasteiger partial charge is 0.463 e. The summed E-state index contributed by atoms with van der Waals surface area (Å²) >= 11 is 0. The smallest absolute Gasteiger partial charge is 0.338 e. The summed E-state index contributed by atoms with van der Waals surface area (Å²) in [7, 11) is 0. The fraction of sp³-hybridized carbons (Fsp3) is 0.280. The van der Waals surface area contributed by atoms with Gasteiger partial charge in [-0.25, -0.2) is 14.0 Å². The number of esters is 1. The Bertz CT molecular complexity index is 1050. The fourth-order valence-electron chi connectivity index (χ4n) is 4.09. The summed E-state index contributed by atoms with van der Waals surface area (Å²) in [5, 5.41) is 5.58. The molecule has 0 unspecified atom stereocenters. The molecule has 2 N–H and O–H groups in total. The van der Waals surface area contributed by atoms with Crippen molar-refractivity contribution >= 4 is 17.6 Å². The van der Waals surface area contributed by atoms with E-state index in [-0.39, 0.29) is 12.4 Å². The van der Waals surface area contributed by atoms with Gasteiger partial charge in [0.1, 0.15) is 5.82 Å². The minimum absolute atomic E-state index is 0.215.